The zero-order valence-electron chi connectivity index (χ0n) is 17.6. The van der Waals surface area contributed by atoms with E-state index in [0.717, 1.165) is 30.5 Å². The van der Waals surface area contributed by atoms with Gasteiger partial charge in [-0.25, -0.2) is 22.5 Å². The van der Waals surface area contributed by atoms with Crippen molar-refractivity contribution in [2.24, 2.45) is 0 Å². The number of ether oxygens (including phenoxy) is 1. The lowest BCUT2D eigenvalue weighted by Gasteiger charge is -2.26. The summed E-state index contributed by atoms with van der Waals surface area (Å²) in [6.45, 7) is 0.750. The molecule has 2 heterocycles. The van der Waals surface area contributed by atoms with Gasteiger partial charge in [0.25, 0.3) is 5.56 Å². The van der Waals surface area contributed by atoms with Gasteiger partial charge in [-0.2, -0.15) is 0 Å². The summed E-state index contributed by atoms with van der Waals surface area (Å²) in [4.78, 5) is 19.6. The number of nitrogens with one attached hydrogen (secondary N) is 2. The number of aromatic nitrogens is 2. The van der Waals surface area contributed by atoms with Gasteiger partial charge in [0.05, 0.1) is 29.8 Å². The zero-order valence-corrected chi connectivity index (χ0v) is 19.3. The van der Waals surface area contributed by atoms with Crippen LogP contribution in [0.5, 0.6) is 0 Å². The number of thioether (sulfide) groups is 1. The maximum absolute atomic E-state index is 14.8. The molecule has 0 unspecified atom stereocenters. The highest BCUT2D eigenvalue weighted by Crippen LogP contribution is 2.27. The molecule has 1 fully saturated rings. The van der Waals surface area contributed by atoms with E-state index in [0.29, 0.717) is 40.8 Å². The summed E-state index contributed by atoms with van der Waals surface area (Å²) >= 11 is 1.30. The molecular formula is C23H22FN3O4S2. The highest BCUT2D eigenvalue weighted by atomic mass is 32.2. The van der Waals surface area contributed by atoms with Gasteiger partial charge in [-0.05, 0) is 54.2 Å². The van der Waals surface area contributed by atoms with Gasteiger partial charge in [0.15, 0.2) is 5.16 Å². The molecule has 10 heteroatoms. The second kappa shape index (κ2) is 9.02. The van der Waals surface area contributed by atoms with Crippen LogP contribution < -0.4 is 10.3 Å². The average molecular weight is 488 g/mol. The number of sulfonamides is 1. The Kier molecular flexibility index (Phi) is 6.09. The fourth-order valence-corrected chi connectivity index (χ4v) is 5.97. The lowest BCUT2D eigenvalue weighted by atomic mass is 10.0. The summed E-state index contributed by atoms with van der Waals surface area (Å²) in [5, 5.41) is 0.503. The van der Waals surface area contributed by atoms with Crippen LogP contribution in [0.1, 0.15) is 23.2 Å². The van der Waals surface area contributed by atoms with Gasteiger partial charge >= 0.3 is 0 Å². The molecule has 2 aliphatic rings. The monoisotopic (exact) mass is 487 g/mol. The first-order chi connectivity index (χ1) is 15.9. The largest absolute Gasteiger partial charge is 0.378 e. The molecule has 0 saturated carbocycles. The molecule has 0 spiro atoms. The van der Waals surface area contributed by atoms with Gasteiger partial charge in [-0.15, -0.1) is 0 Å². The maximum Gasteiger partial charge on any atom is 0.254 e. The molecular weight excluding hydrogens is 465 g/mol. The summed E-state index contributed by atoms with van der Waals surface area (Å²) < 4.78 is 47.2. The molecule has 0 atom stereocenters. The van der Waals surface area contributed by atoms with Crippen molar-refractivity contribution in [3.8, 4) is 11.1 Å². The normalized spacial score (nSPS) is 15.9. The van der Waals surface area contributed by atoms with Crippen LogP contribution in [0.2, 0.25) is 0 Å². The molecule has 172 valence electrons. The fraction of sp³-hybridized carbons (Fsp3) is 0.304. The van der Waals surface area contributed by atoms with Crippen LogP contribution in [0.25, 0.3) is 11.1 Å². The molecule has 1 saturated heterocycles. The van der Waals surface area contributed by atoms with Crippen LogP contribution in [0.3, 0.4) is 0 Å². The minimum atomic E-state index is -3.61. The van der Waals surface area contributed by atoms with Gasteiger partial charge < -0.3 is 9.72 Å². The van der Waals surface area contributed by atoms with Crippen LogP contribution in [0, 0.1) is 5.82 Å². The van der Waals surface area contributed by atoms with Crippen molar-refractivity contribution in [3.05, 3.63) is 75.5 Å². The van der Waals surface area contributed by atoms with Gasteiger partial charge in [0.2, 0.25) is 10.0 Å². The topological polar surface area (TPSA) is 101 Å². The Hall–Kier alpha value is -2.53. The Bertz CT molecular complexity index is 1350. The number of benzene rings is 2. The van der Waals surface area contributed by atoms with Crippen LogP contribution >= 0.6 is 11.8 Å². The molecule has 0 radical (unpaired) electrons. The van der Waals surface area contributed by atoms with E-state index in [-0.39, 0.29) is 22.3 Å². The van der Waals surface area contributed by atoms with Crippen molar-refractivity contribution >= 4 is 21.8 Å². The molecule has 2 aromatic carbocycles. The first kappa shape index (κ1) is 22.3. The number of rotatable bonds is 7. The molecule has 0 bridgehead atoms. The summed E-state index contributed by atoms with van der Waals surface area (Å²) in [5.41, 5.74) is 3.37. The number of hydrogen-bond acceptors (Lipinski definition) is 6. The van der Waals surface area contributed by atoms with E-state index in [9.17, 15) is 17.6 Å². The number of fused-ring (bicyclic) bond motifs is 1. The first-order valence-corrected chi connectivity index (χ1v) is 13.1. The third kappa shape index (κ3) is 4.74. The molecule has 1 aliphatic heterocycles. The second-order valence-corrected chi connectivity index (χ2v) is 10.8. The number of hydrogen-bond donors (Lipinski definition) is 2. The van der Waals surface area contributed by atoms with Crippen LogP contribution in [-0.2, 0) is 33.4 Å². The first-order valence-electron chi connectivity index (χ1n) is 10.6. The fourth-order valence-electron chi connectivity index (χ4n) is 3.89. The minimum absolute atomic E-state index is 0.0995. The van der Waals surface area contributed by atoms with Gasteiger partial charge in [0, 0.05) is 11.3 Å². The van der Waals surface area contributed by atoms with E-state index in [1.807, 2.05) is 0 Å². The highest BCUT2D eigenvalue weighted by Gasteiger charge is 2.25. The third-order valence-electron chi connectivity index (χ3n) is 5.80. The maximum atomic E-state index is 14.8. The standard InChI is InChI=1S/C23H22FN3O4S2/c24-20-10-15(14-6-8-18(9-7-14)33(29,30)27-17-11-31-12-17)4-5-16(20)13-32-23-25-21-3-1-2-19(21)22(28)26-23/h4-10,17,27H,1-3,11-13H2,(H,25,26,28). The van der Waals surface area contributed by atoms with E-state index in [1.165, 1.54) is 30.0 Å². The smallest absolute Gasteiger partial charge is 0.254 e. The quantitative estimate of drug-likeness (QED) is 0.393. The molecule has 5 rings (SSSR count). The minimum Gasteiger partial charge on any atom is -0.378 e. The molecule has 33 heavy (non-hydrogen) atoms. The van der Waals surface area contributed by atoms with Crippen molar-refractivity contribution in [1.82, 2.24) is 14.7 Å². The molecule has 0 amide bonds. The lowest BCUT2D eigenvalue weighted by molar-refractivity contribution is 0.00482. The Morgan fingerprint density at radius 3 is 2.58 bits per heavy atom. The molecule has 7 nitrogen and oxygen atoms in total. The van der Waals surface area contributed by atoms with Crippen LogP contribution in [-0.4, -0.2) is 37.6 Å². The zero-order chi connectivity index (χ0) is 23.0. The molecule has 1 aliphatic carbocycles. The van der Waals surface area contributed by atoms with Crippen LogP contribution in [0.4, 0.5) is 4.39 Å². The highest BCUT2D eigenvalue weighted by molar-refractivity contribution is 7.98. The summed E-state index contributed by atoms with van der Waals surface area (Å²) in [6, 6.07) is 11.1. The summed E-state index contributed by atoms with van der Waals surface area (Å²) in [7, 11) is -3.61. The Morgan fingerprint density at radius 2 is 1.88 bits per heavy atom. The predicted molar refractivity (Wildman–Crippen MR) is 123 cm³/mol. The van der Waals surface area contributed by atoms with Crippen molar-refractivity contribution in [1.29, 1.82) is 0 Å². The lowest BCUT2D eigenvalue weighted by Crippen LogP contribution is -2.48. The third-order valence-corrected chi connectivity index (χ3v) is 8.25. The average Bonchev–Trinajstić information content (AvgIpc) is 3.25. The van der Waals surface area contributed by atoms with Gasteiger partial charge in [0.1, 0.15) is 5.82 Å². The number of nitrogens with zero attached hydrogens (tertiary/aromatic N) is 1. The van der Waals surface area contributed by atoms with Gasteiger partial charge in [-0.1, -0.05) is 36.0 Å². The number of H-pyrrole nitrogens is 1. The molecule has 2 N–H and O–H groups in total. The van der Waals surface area contributed by atoms with E-state index in [2.05, 4.69) is 14.7 Å². The Balaban J connectivity index is 1.28. The number of aryl methyl sites for hydroxylation is 1. The van der Waals surface area contributed by atoms with Crippen molar-refractivity contribution in [2.45, 2.75) is 41.1 Å². The molecule has 3 aromatic rings. The Morgan fingerprint density at radius 1 is 1.12 bits per heavy atom. The van der Waals surface area contributed by atoms with E-state index >= 15 is 0 Å². The summed E-state index contributed by atoms with van der Waals surface area (Å²) in [5.74, 6) is -0.0338. The van der Waals surface area contributed by atoms with E-state index < -0.39 is 10.0 Å². The van der Waals surface area contributed by atoms with Crippen molar-refractivity contribution < 1.29 is 17.5 Å². The van der Waals surface area contributed by atoms with Crippen molar-refractivity contribution in [2.75, 3.05) is 13.2 Å². The van der Waals surface area contributed by atoms with E-state index in [1.54, 1.807) is 24.3 Å². The SMILES string of the molecule is O=c1[nH]c(SCc2ccc(-c3ccc(S(=O)(=O)NC4COC4)cc3)cc2F)nc2c1CCC2. The predicted octanol–water partition coefficient (Wildman–Crippen LogP) is 3.03. The van der Waals surface area contributed by atoms with Gasteiger partial charge in [-0.3, -0.25) is 4.79 Å². The number of aromatic amines is 1. The molecule has 1 aromatic heterocycles. The Labute approximate surface area is 194 Å². The van der Waals surface area contributed by atoms with Crippen molar-refractivity contribution in [3.63, 3.8) is 0 Å². The second-order valence-electron chi connectivity index (χ2n) is 8.12. The number of halogens is 1. The van der Waals surface area contributed by atoms with E-state index in [4.69, 9.17) is 4.74 Å². The summed E-state index contributed by atoms with van der Waals surface area (Å²) in [6.07, 6.45) is 2.51. The van der Waals surface area contributed by atoms with Crippen LogP contribution in [0.15, 0.2) is 57.3 Å².